The minimum absolute atomic E-state index is 0.256. The lowest BCUT2D eigenvalue weighted by Crippen LogP contribution is -2.40. The number of ether oxygens (including phenoxy) is 3. The van der Waals surface area contributed by atoms with E-state index in [0.717, 1.165) is 6.54 Å². The average molecular weight is 258 g/mol. The van der Waals surface area contributed by atoms with Crippen LogP contribution in [0.2, 0.25) is 0 Å². The lowest BCUT2D eigenvalue weighted by Gasteiger charge is -2.28. The van der Waals surface area contributed by atoms with Gasteiger partial charge in [0.2, 0.25) is 0 Å². The number of nitrogens with zero attached hydrogens (tertiary/aromatic N) is 2. The Morgan fingerprint density at radius 3 is 2.72 bits per heavy atom. The Kier molecular flexibility index (Phi) is 6.53. The molecule has 1 unspecified atom stereocenters. The molecule has 1 aliphatic heterocycles. The fourth-order valence-electron chi connectivity index (χ4n) is 1.56. The molecule has 0 N–H and O–H groups in total. The highest BCUT2D eigenvalue weighted by Gasteiger charge is 2.25. The van der Waals surface area contributed by atoms with Crippen molar-refractivity contribution in [3.63, 3.8) is 0 Å². The monoisotopic (exact) mass is 258 g/mol. The summed E-state index contributed by atoms with van der Waals surface area (Å²) in [6.07, 6.45) is 3.72. The molecule has 0 radical (unpaired) electrons. The maximum absolute atomic E-state index is 11.6. The molecule has 0 aliphatic carbocycles. The molecule has 0 amide bonds. The molecule has 6 nitrogen and oxygen atoms in total. The van der Waals surface area contributed by atoms with Gasteiger partial charge in [-0.15, -0.1) is 0 Å². The molecule has 1 aliphatic rings. The summed E-state index contributed by atoms with van der Waals surface area (Å²) in [4.78, 5) is 15.4. The molecule has 1 atom stereocenters. The molecule has 0 saturated heterocycles. The van der Waals surface area contributed by atoms with Gasteiger partial charge in [-0.1, -0.05) is 0 Å². The number of rotatable bonds is 8. The topological polar surface area (TPSA) is 51.2 Å². The minimum atomic E-state index is -0.332. The Morgan fingerprint density at radius 2 is 2.06 bits per heavy atom. The zero-order valence-electron chi connectivity index (χ0n) is 11.3. The van der Waals surface area contributed by atoms with Crippen LogP contribution >= 0.6 is 0 Å². The minimum Gasteiger partial charge on any atom is -0.422 e. The number of esters is 1. The van der Waals surface area contributed by atoms with E-state index in [1.165, 1.54) is 0 Å². The van der Waals surface area contributed by atoms with E-state index in [4.69, 9.17) is 14.2 Å². The first-order valence-corrected chi connectivity index (χ1v) is 6.11. The SMILES string of the molecule is CCN1C=CN(C)C1OC(=O)CCOCCOC. The standard InChI is InChI=1S/C12H22N2O4/c1-4-14-7-6-13(2)12(14)18-11(15)5-8-17-10-9-16-3/h6-7,12H,4-5,8-10H2,1-3H3. The average Bonchev–Trinajstić information content (AvgIpc) is 2.70. The van der Waals surface area contributed by atoms with Crippen LogP contribution in [0.4, 0.5) is 0 Å². The van der Waals surface area contributed by atoms with E-state index in [0.29, 0.717) is 19.8 Å². The summed E-state index contributed by atoms with van der Waals surface area (Å²) in [5.41, 5.74) is 0. The van der Waals surface area contributed by atoms with E-state index < -0.39 is 0 Å². The first-order valence-electron chi connectivity index (χ1n) is 6.11. The summed E-state index contributed by atoms with van der Waals surface area (Å²) in [6, 6.07) is 0. The van der Waals surface area contributed by atoms with Gasteiger partial charge < -0.3 is 24.0 Å². The molecule has 1 heterocycles. The van der Waals surface area contributed by atoms with Crippen molar-refractivity contribution in [1.29, 1.82) is 0 Å². The Morgan fingerprint density at radius 1 is 1.28 bits per heavy atom. The quantitative estimate of drug-likeness (QED) is 0.469. The Bertz CT molecular complexity index is 283. The zero-order chi connectivity index (χ0) is 13.4. The summed E-state index contributed by atoms with van der Waals surface area (Å²) in [5.74, 6) is -0.258. The normalized spacial score (nSPS) is 18.5. The van der Waals surface area contributed by atoms with Gasteiger partial charge in [-0.25, -0.2) is 0 Å². The van der Waals surface area contributed by atoms with E-state index in [1.54, 1.807) is 7.11 Å². The van der Waals surface area contributed by atoms with Crippen LogP contribution in [-0.4, -0.2) is 62.6 Å². The van der Waals surface area contributed by atoms with Crippen LogP contribution in [0.1, 0.15) is 13.3 Å². The molecule has 6 heteroatoms. The highest BCUT2D eigenvalue weighted by molar-refractivity contribution is 5.69. The van der Waals surface area contributed by atoms with E-state index in [2.05, 4.69) is 0 Å². The molecule has 0 fully saturated rings. The van der Waals surface area contributed by atoms with E-state index in [1.807, 2.05) is 36.2 Å². The fraction of sp³-hybridized carbons (Fsp3) is 0.750. The molecule has 0 spiro atoms. The van der Waals surface area contributed by atoms with E-state index in [9.17, 15) is 4.79 Å². The van der Waals surface area contributed by atoms with Gasteiger partial charge in [0.25, 0.3) is 6.35 Å². The van der Waals surface area contributed by atoms with Crippen molar-refractivity contribution >= 4 is 5.97 Å². The van der Waals surface area contributed by atoms with Crippen LogP contribution in [0, 0.1) is 0 Å². The van der Waals surface area contributed by atoms with Gasteiger partial charge in [-0.05, 0) is 6.92 Å². The van der Waals surface area contributed by atoms with Crippen LogP contribution in [0.3, 0.4) is 0 Å². The van der Waals surface area contributed by atoms with Gasteiger partial charge in [-0.3, -0.25) is 4.79 Å². The number of carbonyl (C=O) groups excluding carboxylic acids is 1. The lowest BCUT2D eigenvalue weighted by atomic mass is 10.4. The van der Waals surface area contributed by atoms with E-state index >= 15 is 0 Å². The van der Waals surface area contributed by atoms with E-state index in [-0.39, 0.29) is 18.7 Å². The molecule has 0 aromatic heterocycles. The zero-order valence-corrected chi connectivity index (χ0v) is 11.3. The Balaban J connectivity index is 2.19. The Hall–Kier alpha value is -1.27. The molecule has 1 rings (SSSR count). The lowest BCUT2D eigenvalue weighted by molar-refractivity contribution is -0.167. The van der Waals surface area contributed by atoms with Crippen molar-refractivity contribution < 1.29 is 19.0 Å². The number of methoxy groups -OCH3 is 1. The molecule has 0 saturated carbocycles. The van der Waals surface area contributed by atoms with Crippen LogP contribution < -0.4 is 0 Å². The molecule has 0 aromatic rings. The van der Waals surface area contributed by atoms with Gasteiger partial charge in [-0.2, -0.15) is 0 Å². The summed E-state index contributed by atoms with van der Waals surface area (Å²) in [7, 11) is 3.49. The molecule has 18 heavy (non-hydrogen) atoms. The highest BCUT2D eigenvalue weighted by Crippen LogP contribution is 2.14. The van der Waals surface area contributed by atoms with Crippen molar-refractivity contribution in [1.82, 2.24) is 9.80 Å². The van der Waals surface area contributed by atoms with Crippen LogP contribution in [0.5, 0.6) is 0 Å². The predicted octanol–water partition coefficient (Wildman–Crippen LogP) is 0.605. The van der Waals surface area contributed by atoms with Gasteiger partial charge in [0.1, 0.15) is 0 Å². The number of hydrogen-bond acceptors (Lipinski definition) is 6. The smallest absolute Gasteiger partial charge is 0.311 e. The van der Waals surface area contributed by atoms with Crippen molar-refractivity contribution in [2.24, 2.45) is 0 Å². The Labute approximate surface area is 108 Å². The second kappa shape index (κ2) is 7.94. The maximum Gasteiger partial charge on any atom is 0.311 e. The summed E-state index contributed by atoms with van der Waals surface area (Å²) < 4.78 is 15.4. The van der Waals surface area contributed by atoms with Crippen molar-refractivity contribution in [2.75, 3.05) is 40.5 Å². The van der Waals surface area contributed by atoms with Gasteiger partial charge in [0.15, 0.2) is 0 Å². The second-order valence-corrected chi connectivity index (χ2v) is 3.97. The maximum atomic E-state index is 11.6. The third-order valence-electron chi connectivity index (χ3n) is 2.61. The van der Waals surface area contributed by atoms with Crippen molar-refractivity contribution in [3.8, 4) is 0 Å². The summed E-state index contributed by atoms with van der Waals surface area (Å²) in [5, 5.41) is 0. The van der Waals surface area contributed by atoms with Crippen molar-refractivity contribution in [2.45, 2.75) is 19.7 Å². The summed E-state index contributed by atoms with van der Waals surface area (Å²) >= 11 is 0. The molecular weight excluding hydrogens is 236 g/mol. The van der Waals surface area contributed by atoms with Crippen molar-refractivity contribution in [3.05, 3.63) is 12.4 Å². The van der Waals surface area contributed by atoms with Gasteiger partial charge in [0, 0.05) is 33.1 Å². The first-order chi connectivity index (χ1) is 8.69. The van der Waals surface area contributed by atoms with Crippen LogP contribution in [0.25, 0.3) is 0 Å². The van der Waals surface area contributed by atoms with Gasteiger partial charge >= 0.3 is 5.97 Å². The molecular formula is C12H22N2O4. The third kappa shape index (κ3) is 4.54. The van der Waals surface area contributed by atoms with Gasteiger partial charge in [0.05, 0.1) is 26.2 Å². The number of carbonyl (C=O) groups is 1. The molecule has 104 valence electrons. The van der Waals surface area contributed by atoms with Crippen LogP contribution in [0.15, 0.2) is 12.4 Å². The van der Waals surface area contributed by atoms with Crippen LogP contribution in [-0.2, 0) is 19.0 Å². The molecule has 0 bridgehead atoms. The largest absolute Gasteiger partial charge is 0.422 e. The second-order valence-electron chi connectivity index (χ2n) is 3.97. The molecule has 0 aromatic carbocycles. The third-order valence-corrected chi connectivity index (χ3v) is 2.61. The highest BCUT2D eigenvalue weighted by atomic mass is 16.6. The first kappa shape index (κ1) is 14.8. The predicted molar refractivity (Wildman–Crippen MR) is 66.5 cm³/mol. The number of hydrogen-bond donors (Lipinski definition) is 0. The summed E-state index contributed by atoms with van der Waals surface area (Å²) in [6.45, 7) is 4.20. The fourth-order valence-corrected chi connectivity index (χ4v) is 1.56.